The number of halogens is 5. The molecule has 2 heterocycles. The number of hydrogen-bond acceptors (Lipinski definition) is 3. The molecule has 3 rings (SSSR count). The van der Waals surface area contributed by atoms with E-state index in [1.54, 1.807) is 6.92 Å². The first kappa shape index (κ1) is 18.1. The molecule has 1 aromatic heterocycles. The topological polar surface area (TPSA) is 63.1 Å². The number of aromatic nitrogens is 3. The predicted molar refractivity (Wildman–Crippen MR) is 78.7 cm³/mol. The van der Waals surface area contributed by atoms with E-state index in [0.717, 1.165) is 16.7 Å². The van der Waals surface area contributed by atoms with Crippen LogP contribution in [-0.4, -0.2) is 32.2 Å². The van der Waals surface area contributed by atoms with E-state index in [-0.39, 0.29) is 25.5 Å². The molecule has 11 heteroatoms. The van der Waals surface area contributed by atoms with Crippen LogP contribution in [-0.2, 0) is 19.3 Å². The van der Waals surface area contributed by atoms with Crippen molar-refractivity contribution in [2.24, 2.45) is 0 Å². The molecule has 2 amide bonds. The van der Waals surface area contributed by atoms with Crippen molar-refractivity contribution in [3.63, 3.8) is 0 Å². The number of rotatable bonds is 2. The van der Waals surface area contributed by atoms with E-state index < -0.39 is 35.7 Å². The van der Waals surface area contributed by atoms with Crippen molar-refractivity contribution in [2.45, 2.75) is 32.2 Å². The van der Waals surface area contributed by atoms with Crippen LogP contribution in [0.25, 0.3) is 0 Å². The highest BCUT2D eigenvalue weighted by Crippen LogP contribution is 2.29. The van der Waals surface area contributed by atoms with E-state index in [4.69, 9.17) is 0 Å². The van der Waals surface area contributed by atoms with Gasteiger partial charge in [-0.25, -0.2) is 13.6 Å². The van der Waals surface area contributed by atoms with Crippen molar-refractivity contribution in [1.82, 2.24) is 25.0 Å². The summed E-state index contributed by atoms with van der Waals surface area (Å²) in [7, 11) is 0. The first-order valence-corrected chi connectivity index (χ1v) is 7.66. The molecule has 1 aliphatic heterocycles. The first-order chi connectivity index (χ1) is 12.2. The third kappa shape index (κ3) is 3.46. The van der Waals surface area contributed by atoms with Crippen LogP contribution in [0.15, 0.2) is 18.2 Å². The van der Waals surface area contributed by atoms with Crippen molar-refractivity contribution in [2.75, 3.05) is 6.54 Å². The van der Waals surface area contributed by atoms with Gasteiger partial charge in [0.05, 0.1) is 12.6 Å². The lowest BCUT2D eigenvalue weighted by atomic mass is 10.1. The maximum absolute atomic E-state index is 13.3. The highest BCUT2D eigenvalue weighted by atomic mass is 19.4. The van der Waals surface area contributed by atoms with E-state index in [2.05, 4.69) is 15.5 Å². The standard InChI is InChI=1S/C15H14F5N5O/c1-8(9-2-3-10(16)11(17)6-9)21-14(26)24-4-5-25-12(7-24)22-23-13(25)15(18,19)20/h2-3,6,8H,4-5,7H2,1H3,(H,21,26). The molecule has 1 atom stereocenters. The van der Waals surface area contributed by atoms with E-state index >= 15 is 0 Å². The lowest BCUT2D eigenvalue weighted by Gasteiger charge is -2.29. The van der Waals surface area contributed by atoms with Crippen LogP contribution < -0.4 is 5.32 Å². The van der Waals surface area contributed by atoms with Crippen LogP contribution in [0.5, 0.6) is 0 Å². The number of carbonyl (C=O) groups excluding carboxylic acids is 1. The van der Waals surface area contributed by atoms with Gasteiger partial charge in [-0.15, -0.1) is 10.2 Å². The molecular formula is C15H14F5N5O. The van der Waals surface area contributed by atoms with Gasteiger partial charge in [-0.05, 0) is 24.6 Å². The molecule has 0 saturated carbocycles. The average molecular weight is 375 g/mol. The fourth-order valence-electron chi connectivity index (χ4n) is 2.68. The van der Waals surface area contributed by atoms with E-state index in [9.17, 15) is 26.7 Å². The monoisotopic (exact) mass is 375 g/mol. The third-order valence-corrected chi connectivity index (χ3v) is 4.08. The summed E-state index contributed by atoms with van der Waals surface area (Å²) in [4.78, 5) is 13.6. The molecule has 0 spiro atoms. The van der Waals surface area contributed by atoms with Gasteiger partial charge < -0.3 is 14.8 Å². The Kier molecular flexibility index (Phi) is 4.55. The zero-order valence-corrected chi connectivity index (χ0v) is 13.5. The lowest BCUT2D eigenvalue weighted by molar-refractivity contribution is -0.147. The molecule has 26 heavy (non-hydrogen) atoms. The highest BCUT2D eigenvalue weighted by molar-refractivity contribution is 5.74. The van der Waals surface area contributed by atoms with Crippen molar-refractivity contribution in [3.05, 3.63) is 47.0 Å². The minimum Gasteiger partial charge on any atom is -0.331 e. The quantitative estimate of drug-likeness (QED) is 0.821. The molecular weight excluding hydrogens is 361 g/mol. The second-order valence-corrected chi connectivity index (χ2v) is 5.86. The molecule has 1 aromatic carbocycles. The number of nitrogens with zero attached hydrogens (tertiary/aromatic N) is 4. The van der Waals surface area contributed by atoms with Crippen LogP contribution >= 0.6 is 0 Å². The Morgan fingerprint density at radius 1 is 1.19 bits per heavy atom. The summed E-state index contributed by atoms with van der Waals surface area (Å²) in [6, 6.07) is 2.09. The summed E-state index contributed by atoms with van der Waals surface area (Å²) in [5, 5.41) is 9.23. The number of hydrogen-bond donors (Lipinski definition) is 1. The summed E-state index contributed by atoms with van der Waals surface area (Å²) in [6.07, 6.45) is -4.61. The van der Waals surface area contributed by atoms with Gasteiger partial charge in [0.15, 0.2) is 17.5 Å². The van der Waals surface area contributed by atoms with Gasteiger partial charge in [0.1, 0.15) is 0 Å². The van der Waals surface area contributed by atoms with Gasteiger partial charge in [-0.2, -0.15) is 13.2 Å². The van der Waals surface area contributed by atoms with Gasteiger partial charge in [-0.3, -0.25) is 0 Å². The number of urea groups is 1. The van der Waals surface area contributed by atoms with Crippen LogP contribution in [0, 0.1) is 11.6 Å². The third-order valence-electron chi connectivity index (χ3n) is 4.08. The molecule has 1 N–H and O–H groups in total. The van der Waals surface area contributed by atoms with Crippen LogP contribution in [0.4, 0.5) is 26.7 Å². The summed E-state index contributed by atoms with van der Waals surface area (Å²) in [5.74, 6) is -3.10. The Labute approximate surface area is 144 Å². The molecule has 2 aromatic rings. The number of fused-ring (bicyclic) bond motifs is 1. The van der Waals surface area contributed by atoms with Gasteiger partial charge >= 0.3 is 12.2 Å². The van der Waals surface area contributed by atoms with Crippen molar-refractivity contribution in [1.29, 1.82) is 0 Å². The van der Waals surface area contributed by atoms with Crippen molar-refractivity contribution >= 4 is 6.03 Å². The summed E-state index contributed by atoms with van der Waals surface area (Å²) in [5.41, 5.74) is 0.358. The second kappa shape index (κ2) is 6.54. The fourth-order valence-corrected chi connectivity index (χ4v) is 2.68. The average Bonchev–Trinajstić information content (AvgIpc) is 3.00. The van der Waals surface area contributed by atoms with Crippen LogP contribution in [0.1, 0.15) is 30.2 Å². The molecule has 140 valence electrons. The molecule has 0 bridgehead atoms. The number of amides is 2. The first-order valence-electron chi connectivity index (χ1n) is 7.66. The smallest absolute Gasteiger partial charge is 0.331 e. The molecule has 0 saturated heterocycles. The van der Waals surface area contributed by atoms with Crippen molar-refractivity contribution < 1.29 is 26.7 Å². The lowest BCUT2D eigenvalue weighted by Crippen LogP contribution is -2.45. The summed E-state index contributed by atoms with van der Waals surface area (Å²) < 4.78 is 65.6. The number of alkyl halides is 3. The van der Waals surface area contributed by atoms with E-state index in [1.807, 2.05) is 0 Å². The minimum absolute atomic E-state index is 0.0270. The summed E-state index contributed by atoms with van der Waals surface area (Å²) >= 11 is 0. The largest absolute Gasteiger partial charge is 0.451 e. The van der Waals surface area contributed by atoms with Gasteiger partial charge in [0.25, 0.3) is 0 Å². The number of benzene rings is 1. The van der Waals surface area contributed by atoms with Crippen LogP contribution in [0.2, 0.25) is 0 Å². The minimum atomic E-state index is -4.61. The van der Waals surface area contributed by atoms with E-state index in [0.29, 0.717) is 5.56 Å². The van der Waals surface area contributed by atoms with Gasteiger partial charge in [0, 0.05) is 13.1 Å². The van der Waals surface area contributed by atoms with E-state index in [1.165, 1.54) is 11.0 Å². The maximum atomic E-state index is 13.3. The van der Waals surface area contributed by atoms with Crippen LogP contribution in [0.3, 0.4) is 0 Å². The molecule has 1 aliphatic rings. The SMILES string of the molecule is CC(NC(=O)N1CCn2c(nnc2C(F)(F)F)C1)c1ccc(F)c(F)c1. The Balaban J connectivity index is 1.68. The maximum Gasteiger partial charge on any atom is 0.451 e. The number of carbonyl (C=O) groups is 1. The molecule has 0 aliphatic carbocycles. The number of nitrogens with one attached hydrogen (secondary N) is 1. The van der Waals surface area contributed by atoms with Crippen molar-refractivity contribution in [3.8, 4) is 0 Å². The molecule has 6 nitrogen and oxygen atoms in total. The zero-order chi connectivity index (χ0) is 19.1. The summed E-state index contributed by atoms with van der Waals surface area (Å²) in [6.45, 7) is 1.38. The Hall–Kier alpha value is -2.72. The predicted octanol–water partition coefficient (Wildman–Crippen LogP) is 2.86. The van der Waals surface area contributed by atoms with Gasteiger partial charge in [-0.1, -0.05) is 6.07 Å². The molecule has 0 radical (unpaired) electrons. The zero-order valence-electron chi connectivity index (χ0n) is 13.5. The Morgan fingerprint density at radius 3 is 2.58 bits per heavy atom. The highest BCUT2D eigenvalue weighted by Gasteiger charge is 2.40. The molecule has 1 unspecified atom stereocenters. The van der Waals surface area contributed by atoms with Gasteiger partial charge in [0.2, 0.25) is 5.82 Å². The molecule has 0 fully saturated rings. The fraction of sp³-hybridized carbons (Fsp3) is 0.400. The Bertz CT molecular complexity index is 834. The Morgan fingerprint density at radius 2 is 1.92 bits per heavy atom. The normalized spacial score (nSPS) is 15.5. The second-order valence-electron chi connectivity index (χ2n) is 5.86.